The van der Waals surface area contributed by atoms with E-state index in [0.29, 0.717) is 11.1 Å². The molecule has 8 nitrogen and oxygen atoms in total. The Kier molecular flexibility index (Phi) is 7.20. The number of rotatable bonds is 7. The number of ether oxygens (including phenoxy) is 1. The van der Waals surface area contributed by atoms with Crippen LogP contribution in [0.15, 0.2) is 54.6 Å². The SMILES string of the molecule is Cc1c(C#N)c(NC(=O)COC(=O)CNC(=O)c2cccc(F)c2)n(-c2ccccc2)c1C. The molecule has 1 heterocycles. The predicted molar refractivity (Wildman–Crippen MR) is 118 cm³/mol. The van der Waals surface area contributed by atoms with E-state index in [-0.39, 0.29) is 11.4 Å². The Labute approximate surface area is 189 Å². The number of nitriles is 1. The van der Waals surface area contributed by atoms with Crippen LogP contribution in [0.2, 0.25) is 0 Å². The van der Waals surface area contributed by atoms with Crippen LogP contribution in [-0.4, -0.2) is 35.5 Å². The average molecular weight is 448 g/mol. The summed E-state index contributed by atoms with van der Waals surface area (Å²) in [6, 6.07) is 16.3. The van der Waals surface area contributed by atoms with E-state index in [2.05, 4.69) is 16.7 Å². The van der Waals surface area contributed by atoms with Gasteiger partial charge in [0.1, 0.15) is 24.2 Å². The molecule has 168 valence electrons. The molecule has 0 radical (unpaired) electrons. The molecule has 0 saturated heterocycles. The standard InChI is InChI=1S/C24H21FN4O4/c1-15-16(2)29(19-9-4-3-5-10-19)23(20(15)12-26)28-21(30)14-33-22(31)13-27-24(32)17-7-6-8-18(25)11-17/h3-11H,13-14H2,1-2H3,(H,27,32)(H,28,30). The van der Waals surface area contributed by atoms with Gasteiger partial charge in [-0.2, -0.15) is 5.26 Å². The molecule has 0 aliphatic carbocycles. The van der Waals surface area contributed by atoms with Crippen molar-refractivity contribution in [2.75, 3.05) is 18.5 Å². The Bertz CT molecular complexity index is 1250. The van der Waals surface area contributed by atoms with E-state index in [9.17, 15) is 24.0 Å². The molecule has 33 heavy (non-hydrogen) atoms. The number of anilines is 1. The third-order valence-electron chi connectivity index (χ3n) is 4.94. The molecule has 0 saturated carbocycles. The first-order chi connectivity index (χ1) is 15.8. The van der Waals surface area contributed by atoms with E-state index in [4.69, 9.17) is 4.74 Å². The number of hydrogen-bond acceptors (Lipinski definition) is 5. The van der Waals surface area contributed by atoms with Crippen molar-refractivity contribution in [2.45, 2.75) is 13.8 Å². The lowest BCUT2D eigenvalue weighted by molar-refractivity contribution is -0.146. The fraction of sp³-hybridized carbons (Fsp3) is 0.167. The Hall–Kier alpha value is -4.45. The summed E-state index contributed by atoms with van der Waals surface area (Å²) in [5, 5.41) is 14.5. The van der Waals surface area contributed by atoms with Crippen LogP contribution in [0.1, 0.15) is 27.2 Å². The summed E-state index contributed by atoms with van der Waals surface area (Å²) in [6.45, 7) is 2.51. The molecule has 2 amide bonds. The highest BCUT2D eigenvalue weighted by Crippen LogP contribution is 2.29. The number of esters is 1. The van der Waals surface area contributed by atoms with Gasteiger partial charge in [0, 0.05) is 16.9 Å². The molecule has 9 heteroatoms. The largest absolute Gasteiger partial charge is 0.454 e. The summed E-state index contributed by atoms with van der Waals surface area (Å²) < 4.78 is 19.8. The molecule has 3 rings (SSSR count). The zero-order valence-corrected chi connectivity index (χ0v) is 18.0. The first-order valence-electron chi connectivity index (χ1n) is 9.98. The summed E-state index contributed by atoms with van der Waals surface area (Å²) in [5.74, 6) is -2.45. The van der Waals surface area contributed by atoms with E-state index in [1.54, 1.807) is 11.5 Å². The number of amides is 2. The van der Waals surface area contributed by atoms with Crippen molar-refractivity contribution in [1.29, 1.82) is 5.26 Å². The number of para-hydroxylation sites is 1. The molecule has 0 bridgehead atoms. The van der Waals surface area contributed by atoms with Crippen LogP contribution in [-0.2, 0) is 14.3 Å². The molecular formula is C24H21FN4O4. The lowest BCUT2D eigenvalue weighted by Gasteiger charge is -2.13. The monoisotopic (exact) mass is 448 g/mol. The number of carbonyl (C=O) groups excluding carboxylic acids is 3. The highest BCUT2D eigenvalue weighted by Gasteiger charge is 2.21. The van der Waals surface area contributed by atoms with Crippen molar-refractivity contribution in [3.05, 3.63) is 82.8 Å². The lowest BCUT2D eigenvalue weighted by atomic mass is 10.2. The van der Waals surface area contributed by atoms with Gasteiger partial charge in [-0.3, -0.25) is 19.0 Å². The van der Waals surface area contributed by atoms with Crippen LogP contribution in [0.4, 0.5) is 10.2 Å². The second kappa shape index (κ2) is 10.2. The third kappa shape index (κ3) is 5.43. The number of benzene rings is 2. The summed E-state index contributed by atoms with van der Waals surface area (Å²) >= 11 is 0. The molecule has 0 atom stereocenters. The van der Waals surface area contributed by atoms with Crippen LogP contribution in [0.25, 0.3) is 5.69 Å². The molecule has 0 fully saturated rings. The van der Waals surface area contributed by atoms with Gasteiger partial charge in [0.25, 0.3) is 11.8 Å². The lowest BCUT2D eigenvalue weighted by Crippen LogP contribution is -2.32. The molecule has 0 aliphatic heterocycles. The Balaban J connectivity index is 1.62. The Morgan fingerprint density at radius 1 is 1.09 bits per heavy atom. The molecular weight excluding hydrogens is 427 g/mol. The van der Waals surface area contributed by atoms with Crippen molar-refractivity contribution in [2.24, 2.45) is 0 Å². The van der Waals surface area contributed by atoms with Gasteiger partial charge in [-0.25, -0.2) is 4.39 Å². The van der Waals surface area contributed by atoms with Crippen LogP contribution in [0.3, 0.4) is 0 Å². The fourth-order valence-electron chi connectivity index (χ4n) is 3.21. The van der Waals surface area contributed by atoms with E-state index < -0.39 is 36.8 Å². The number of halogens is 1. The number of nitrogens with one attached hydrogen (secondary N) is 2. The fourth-order valence-corrected chi connectivity index (χ4v) is 3.21. The Morgan fingerprint density at radius 3 is 2.48 bits per heavy atom. The van der Waals surface area contributed by atoms with E-state index in [1.807, 2.05) is 37.3 Å². The van der Waals surface area contributed by atoms with Crippen molar-refractivity contribution in [3.63, 3.8) is 0 Å². The van der Waals surface area contributed by atoms with Crippen LogP contribution < -0.4 is 10.6 Å². The van der Waals surface area contributed by atoms with Gasteiger partial charge >= 0.3 is 5.97 Å². The highest BCUT2D eigenvalue weighted by atomic mass is 19.1. The van der Waals surface area contributed by atoms with Crippen LogP contribution >= 0.6 is 0 Å². The van der Waals surface area contributed by atoms with E-state index in [0.717, 1.165) is 17.4 Å². The minimum atomic E-state index is -0.846. The molecule has 1 aromatic heterocycles. The summed E-state index contributed by atoms with van der Waals surface area (Å²) in [4.78, 5) is 36.3. The predicted octanol–water partition coefficient (Wildman–Crippen LogP) is 3.02. The number of nitrogens with zero attached hydrogens (tertiary/aromatic N) is 2. The van der Waals surface area contributed by atoms with Gasteiger partial charge in [0.15, 0.2) is 6.61 Å². The smallest absolute Gasteiger partial charge is 0.325 e. The maximum atomic E-state index is 13.2. The van der Waals surface area contributed by atoms with Crippen LogP contribution in [0.5, 0.6) is 0 Å². The zero-order valence-electron chi connectivity index (χ0n) is 18.0. The molecule has 3 aromatic rings. The quantitative estimate of drug-likeness (QED) is 0.540. The maximum absolute atomic E-state index is 13.2. The summed E-state index contributed by atoms with van der Waals surface area (Å²) in [6.07, 6.45) is 0. The number of aromatic nitrogens is 1. The Morgan fingerprint density at radius 2 is 1.82 bits per heavy atom. The van der Waals surface area contributed by atoms with E-state index >= 15 is 0 Å². The second-order valence-corrected chi connectivity index (χ2v) is 7.12. The minimum Gasteiger partial charge on any atom is -0.454 e. The topological polar surface area (TPSA) is 113 Å². The van der Waals surface area contributed by atoms with Crippen molar-refractivity contribution in [3.8, 4) is 11.8 Å². The summed E-state index contributed by atoms with van der Waals surface area (Å²) in [5.41, 5.74) is 2.61. The zero-order chi connectivity index (χ0) is 24.0. The molecule has 0 spiro atoms. The normalized spacial score (nSPS) is 10.2. The first-order valence-corrected chi connectivity index (χ1v) is 9.98. The summed E-state index contributed by atoms with van der Waals surface area (Å²) in [7, 11) is 0. The van der Waals surface area contributed by atoms with Crippen LogP contribution in [0, 0.1) is 31.0 Å². The minimum absolute atomic E-state index is 0.0528. The molecule has 0 unspecified atom stereocenters. The average Bonchev–Trinajstić information content (AvgIpc) is 3.05. The van der Waals surface area contributed by atoms with Gasteiger partial charge in [-0.05, 0) is 49.7 Å². The molecule has 2 N–H and O–H groups in total. The van der Waals surface area contributed by atoms with Crippen molar-refractivity contribution >= 4 is 23.6 Å². The highest BCUT2D eigenvalue weighted by molar-refractivity contribution is 5.97. The van der Waals surface area contributed by atoms with Gasteiger partial charge < -0.3 is 15.4 Å². The van der Waals surface area contributed by atoms with Gasteiger partial charge in [0.2, 0.25) is 0 Å². The van der Waals surface area contributed by atoms with Gasteiger partial charge in [-0.15, -0.1) is 0 Å². The van der Waals surface area contributed by atoms with Gasteiger partial charge in [-0.1, -0.05) is 24.3 Å². The first kappa shape index (κ1) is 23.2. The maximum Gasteiger partial charge on any atom is 0.325 e. The van der Waals surface area contributed by atoms with E-state index in [1.165, 1.54) is 18.2 Å². The van der Waals surface area contributed by atoms with Crippen molar-refractivity contribution < 1.29 is 23.5 Å². The number of hydrogen-bond donors (Lipinski definition) is 2. The number of carbonyl (C=O) groups is 3. The third-order valence-corrected chi connectivity index (χ3v) is 4.94. The van der Waals surface area contributed by atoms with Crippen molar-refractivity contribution in [1.82, 2.24) is 9.88 Å². The molecule has 0 aliphatic rings. The molecule has 2 aromatic carbocycles. The second-order valence-electron chi connectivity index (χ2n) is 7.12. The van der Waals surface area contributed by atoms with Gasteiger partial charge in [0.05, 0.1) is 5.56 Å².